The number of thiazole rings is 1. The Hall–Kier alpha value is -1.27. The second-order valence-electron chi connectivity index (χ2n) is 5.98. The summed E-state index contributed by atoms with van der Waals surface area (Å²) in [6.07, 6.45) is 1.87. The lowest BCUT2D eigenvalue weighted by atomic mass is 9.95. The number of fused-ring (bicyclic) bond motifs is 1. The number of rotatable bonds is 2. The van der Waals surface area contributed by atoms with Crippen LogP contribution in [0.5, 0.6) is 0 Å². The molecule has 0 aromatic carbocycles. The van der Waals surface area contributed by atoms with Crippen molar-refractivity contribution in [2.45, 2.75) is 45.8 Å². The monoisotopic (exact) mass is 277 g/mol. The van der Waals surface area contributed by atoms with Gasteiger partial charge in [0.15, 0.2) is 0 Å². The molecule has 1 aliphatic heterocycles. The molecular formula is C13H19N5S. The molecule has 19 heavy (non-hydrogen) atoms. The zero-order valence-corrected chi connectivity index (χ0v) is 12.4. The number of nitrogens with zero attached hydrogens (tertiary/aromatic N) is 5. The molecule has 0 radical (unpaired) electrons. The topological polar surface area (TPSA) is 46.8 Å². The molecule has 2 aromatic rings. The Morgan fingerprint density at radius 2 is 2.11 bits per heavy atom. The minimum Gasteiger partial charge on any atom is -0.312 e. The Kier molecular flexibility index (Phi) is 3.14. The van der Waals surface area contributed by atoms with Crippen LogP contribution in [0.15, 0.2) is 11.6 Å². The summed E-state index contributed by atoms with van der Waals surface area (Å²) >= 11 is 1.71. The summed E-state index contributed by atoms with van der Waals surface area (Å²) in [5.41, 5.74) is 0.0583. The van der Waals surface area contributed by atoms with Gasteiger partial charge in [0, 0.05) is 30.1 Å². The molecule has 3 rings (SSSR count). The van der Waals surface area contributed by atoms with Crippen molar-refractivity contribution in [3.8, 4) is 0 Å². The van der Waals surface area contributed by atoms with Gasteiger partial charge in [-0.3, -0.25) is 4.90 Å². The molecule has 0 atom stereocenters. The first-order valence-corrected chi connectivity index (χ1v) is 7.45. The van der Waals surface area contributed by atoms with Gasteiger partial charge >= 0.3 is 0 Å². The van der Waals surface area contributed by atoms with Crippen LogP contribution < -0.4 is 0 Å². The largest absolute Gasteiger partial charge is 0.312 e. The Bertz CT molecular complexity index is 552. The fourth-order valence-corrected chi connectivity index (χ4v) is 3.08. The van der Waals surface area contributed by atoms with Crippen molar-refractivity contribution >= 4 is 11.3 Å². The van der Waals surface area contributed by atoms with E-state index in [0.29, 0.717) is 0 Å². The van der Waals surface area contributed by atoms with Crippen LogP contribution in [0.3, 0.4) is 0 Å². The van der Waals surface area contributed by atoms with E-state index in [4.69, 9.17) is 0 Å². The molecule has 0 saturated carbocycles. The molecule has 0 N–H and O–H groups in total. The molecule has 0 unspecified atom stereocenters. The first-order valence-electron chi connectivity index (χ1n) is 6.57. The quantitative estimate of drug-likeness (QED) is 0.843. The van der Waals surface area contributed by atoms with Gasteiger partial charge in [0.2, 0.25) is 0 Å². The van der Waals surface area contributed by atoms with E-state index in [9.17, 15) is 0 Å². The fourth-order valence-electron chi connectivity index (χ4n) is 2.42. The maximum Gasteiger partial charge on any atom is 0.147 e. The third-order valence-electron chi connectivity index (χ3n) is 3.35. The predicted molar refractivity (Wildman–Crippen MR) is 75.0 cm³/mol. The van der Waals surface area contributed by atoms with E-state index in [1.807, 2.05) is 11.6 Å². The third-order valence-corrected chi connectivity index (χ3v) is 4.11. The van der Waals surface area contributed by atoms with Crippen molar-refractivity contribution < 1.29 is 0 Å². The van der Waals surface area contributed by atoms with Crippen LogP contribution in [0.1, 0.15) is 37.4 Å². The molecule has 102 valence electrons. The second-order valence-corrected chi connectivity index (χ2v) is 6.96. The molecule has 5 nitrogen and oxygen atoms in total. The van der Waals surface area contributed by atoms with Crippen molar-refractivity contribution in [1.82, 2.24) is 24.6 Å². The lowest BCUT2D eigenvalue weighted by Crippen LogP contribution is -2.35. The molecular weight excluding hydrogens is 258 g/mol. The van der Waals surface area contributed by atoms with Gasteiger partial charge in [0.1, 0.15) is 16.7 Å². The van der Waals surface area contributed by atoms with Crippen molar-refractivity contribution in [2.75, 3.05) is 6.54 Å². The standard InChI is InChI=1S/C13H19N5S/c1-13(2,3)12-16-15-10-8-17(5-6-18(10)12)9-11-14-4-7-19-11/h4,7H,5-6,8-9H2,1-3H3. The Balaban J connectivity index is 1.76. The zero-order valence-electron chi connectivity index (χ0n) is 11.6. The summed E-state index contributed by atoms with van der Waals surface area (Å²) in [4.78, 5) is 6.73. The summed E-state index contributed by atoms with van der Waals surface area (Å²) in [5, 5.41) is 11.9. The molecule has 0 bridgehead atoms. The van der Waals surface area contributed by atoms with E-state index in [2.05, 4.69) is 45.4 Å². The lowest BCUT2D eigenvalue weighted by molar-refractivity contribution is 0.204. The molecule has 3 heterocycles. The van der Waals surface area contributed by atoms with Gasteiger partial charge in [-0.05, 0) is 0 Å². The summed E-state index contributed by atoms with van der Waals surface area (Å²) in [6.45, 7) is 10.3. The maximum atomic E-state index is 4.37. The van der Waals surface area contributed by atoms with Crippen LogP contribution >= 0.6 is 11.3 Å². The van der Waals surface area contributed by atoms with E-state index in [1.54, 1.807) is 11.3 Å². The molecule has 0 fully saturated rings. The molecule has 0 amide bonds. The molecule has 0 spiro atoms. The molecule has 0 saturated heterocycles. The van der Waals surface area contributed by atoms with Gasteiger partial charge in [-0.15, -0.1) is 21.5 Å². The summed E-state index contributed by atoms with van der Waals surface area (Å²) in [5.74, 6) is 2.17. The van der Waals surface area contributed by atoms with E-state index < -0.39 is 0 Å². The van der Waals surface area contributed by atoms with Gasteiger partial charge < -0.3 is 4.57 Å². The smallest absolute Gasteiger partial charge is 0.147 e. The number of aromatic nitrogens is 4. The highest BCUT2D eigenvalue weighted by Crippen LogP contribution is 2.24. The highest BCUT2D eigenvalue weighted by Gasteiger charge is 2.27. The normalized spacial score (nSPS) is 16.6. The van der Waals surface area contributed by atoms with E-state index in [0.717, 1.165) is 37.8 Å². The fraction of sp³-hybridized carbons (Fsp3) is 0.615. The molecule has 1 aliphatic rings. The number of hydrogen-bond acceptors (Lipinski definition) is 5. The van der Waals surface area contributed by atoms with Crippen molar-refractivity contribution in [1.29, 1.82) is 0 Å². The van der Waals surface area contributed by atoms with Crippen LogP contribution in [0, 0.1) is 0 Å². The van der Waals surface area contributed by atoms with Gasteiger partial charge in [0.05, 0.1) is 13.1 Å². The number of hydrogen-bond donors (Lipinski definition) is 0. The minimum absolute atomic E-state index is 0.0583. The maximum absolute atomic E-state index is 4.37. The first kappa shape index (κ1) is 12.7. The SMILES string of the molecule is CC(C)(C)c1nnc2n1CCN(Cc1nccs1)C2. The summed E-state index contributed by atoms with van der Waals surface area (Å²) < 4.78 is 2.28. The molecule has 0 aliphatic carbocycles. The lowest BCUT2D eigenvalue weighted by Gasteiger charge is -2.28. The van der Waals surface area contributed by atoms with Gasteiger partial charge in [0.25, 0.3) is 0 Å². The van der Waals surface area contributed by atoms with E-state index in [1.165, 1.54) is 5.01 Å². The summed E-state index contributed by atoms with van der Waals surface area (Å²) in [6, 6.07) is 0. The first-order chi connectivity index (χ1) is 9.04. The molecule has 2 aromatic heterocycles. The van der Waals surface area contributed by atoms with Crippen molar-refractivity contribution in [3.05, 3.63) is 28.2 Å². The molecule has 6 heteroatoms. The van der Waals surface area contributed by atoms with Crippen LogP contribution in [0.4, 0.5) is 0 Å². The zero-order chi connectivity index (χ0) is 13.5. The van der Waals surface area contributed by atoms with E-state index >= 15 is 0 Å². The van der Waals surface area contributed by atoms with Crippen molar-refractivity contribution in [3.63, 3.8) is 0 Å². The highest BCUT2D eigenvalue weighted by molar-refractivity contribution is 7.09. The third kappa shape index (κ3) is 2.55. The van der Waals surface area contributed by atoms with Crippen molar-refractivity contribution in [2.24, 2.45) is 0 Å². The predicted octanol–water partition coefficient (Wildman–Crippen LogP) is 2.05. The van der Waals surface area contributed by atoms with E-state index in [-0.39, 0.29) is 5.41 Å². The van der Waals surface area contributed by atoms with Crippen LogP contribution in [0.2, 0.25) is 0 Å². The Morgan fingerprint density at radius 1 is 1.26 bits per heavy atom. The Labute approximate surface area is 117 Å². The highest BCUT2D eigenvalue weighted by atomic mass is 32.1. The second kappa shape index (κ2) is 4.68. The minimum atomic E-state index is 0.0583. The Morgan fingerprint density at radius 3 is 2.79 bits per heavy atom. The van der Waals surface area contributed by atoms with Gasteiger partial charge in [-0.2, -0.15) is 0 Å². The average Bonchev–Trinajstić information content (AvgIpc) is 2.95. The van der Waals surface area contributed by atoms with Gasteiger partial charge in [-0.1, -0.05) is 20.8 Å². The van der Waals surface area contributed by atoms with Crippen LogP contribution in [-0.2, 0) is 25.0 Å². The average molecular weight is 277 g/mol. The summed E-state index contributed by atoms with van der Waals surface area (Å²) in [7, 11) is 0. The van der Waals surface area contributed by atoms with Gasteiger partial charge in [-0.25, -0.2) is 4.98 Å². The van der Waals surface area contributed by atoms with Crippen LogP contribution in [-0.4, -0.2) is 31.2 Å². The van der Waals surface area contributed by atoms with Crippen LogP contribution in [0.25, 0.3) is 0 Å².